The van der Waals surface area contributed by atoms with Gasteiger partial charge in [-0.2, -0.15) is 0 Å². The number of hydrogen-bond donors (Lipinski definition) is 0. The van der Waals surface area contributed by atoms with E-state index in [0.29, 0.717) is 31.7 Å². The second-order valence-corrected chi connectivity index (χ2v) is 6.41. The smallest absolute Gasteiger partial charge is 0.270 e. The molecule has 0 radical (unpaired) electrons. The van der Waals surface area contributed by atoms with Crippen LogP contribution in [0, 0.1) is 16.0 Å². The van der Waals surface area contributed by atoms with E-state index in [1.54, 1.807) is 11.0 Å². The first-order valence-corrected chi connectivity index (χ1v) is 8.39. The van der Waals surface area contributed by atoms with Crippen LogP contribution < -0.4 is 0 Å². The number of rotatable bonds is 3. The summed E-state index contributed by atoms with van der Waals surface area (Å²) in [7, 11) is 0. The molecule has 1 saturated heterocycles. The molecule has 1 heterocycles. The average Bonchev–Trinajstić information content (AvgIpc) is 3.15. The van der Waals surface area contributed by atoms with Crippen LogP contribution in [0.4, 0.5) is 5.69 Å². The molecule has 1 aromatic rings. The molecule has 7 heteroatoms. The highest BCUT2D eigenvalue weighted by molar-refractivity contribution is 5.95. The summed E-state index contributed by atoms with van der Waals surface area (Å²) in [4.78, 5) is 38.8. The third-order valence-corrected chi connectivity index (χ3v) is 4.89. The monoisotopic (exact) mass is 331 g/mol. The molecule has 7 nitrogen and oxygen atoms in total. The number of hydrogen-bond acceptors (Lipinski definition) is 4. The van der Waals surface area contributed by atoms with Gasteiger partial charge in [0.2, 0.25) is 5.91 Å². The highest BCUT2D eigenvalue weighted by Gasteiger charge is 2.30. The van der Waals surface area contributed by atoms with Crippen LogP contribution in [0.5, 0.6) is 0 Å². The molecular weight excluding hydrogens is 310 g/mol. The molecular formula is C17H21N3O4. The third kappa shape index (κ3) is 3.39. The molecule has 2 aliphatic rings. The molecule has 128 valence electrons. The third-order valence-electron chi connectivity index (χ3n) is 4.89. The van der Waals surface area contributed by atoms with Gasteiger partial charge in [0, 0.05) is 49.8 Å². The van der Waals surface area contributed by atoms with Crippen molar-refractivity contribution in [1.82, 2.24) is 9.80 Å². The predicted octanol–water partition coefficient (Wildman–Crippen LogP) is 2.07. The number of nitrogens with zero attached hydrogens (tertiary/aromatic N) is 3. The summed E-state index contributed by atoms with van der Waals surface area (Å²) in [5.74, 6) is 0.158. The van der Waals surface area contributed by atoms with E-state index in [2.05, 4.69) is 0 Å². The van der Waals surface area contributed by atoms with Gasteiger partial charge in [0.15, 0.2) is 0 Å². The summed E-state index contributed by atoms with van der Waals surface area (Å²) in [6.07, 6.45) is 4.21. The Labute approximate surface area is 140 Å². The van der Waals surface area contributed by atoms with Gasteiger partial charge in [0.25, 0.3) is 11.6 Å². The topological polar surface area (TPSA) is 83.8 Å². The Hall–Kier alpha value is -2.44. The van der Waals surface area contributed by atoms with Gasteiger partial charge < -0.3 is 9.80 Å². The minimum absolute atomic E-state index is 0.0871. The largest absolute Gasteiger partial charge is 0.339 e. The minimum Gasteiger partial charge on any atom is -0.339 e. The zero-order valence-electron chi connectivity index (χ0n) is 13.5. The molecule has 0 bridgehead atoms. The molecule has 0 N–H and O–H groups in total. The van der Waals surface area contributed by atoms with Gasteiger partial charge in [-0.05, 0) is 18.9 Å². The molecule has 1 aliphatic carbocycles. The normalized spacial score (nSPS) is 18.7. The fraction of sp³-hybridized carbons (Fsp3) is 0.529. The Kier molecular flexibility index (Phi) is 4.78. The Morgan fingerprint density at radius 3 is 2.29 bits per heavy atom. The van der Waals surface area contributed by atoms with E-state index in [9.17, 15) is 19.7 Å². The standard InChI is InChI=1S/C17H21N3O4/c21-16(13-4-1-2-5-13)18-8-10-19(11-9-18)17(22)14-6-3-7-15(12-14)20(23)24/h3,6-7,12-13H,1-2,4-5,8-11H2. The van der Waals surface area contributed by atoms with Crippen molar-refractivity contribution < 1.29 is 14.5 Å². The molecule has 2 amide bonds. The van der Waals surface area contributed by atoms with E-state index in [1.165, 1.54) is 18.2 Å². The highest BCUT2D eigenvalue weighted by atomic mass is 16.6. The Bertz CT molecular complexity index is 647. The number of carbonyl (C=O) groups is 2. The van der Waals surface area contributed by atoms with Crippen molar-refractivity contribution in [2.24, 2.45) is 5.92 Å². The van der Waals surface area contributed by atoms with Gasteiger partial charge in [0.1, 0.15) is 0 Å². The maximum atomic E-state index is 12.5. The molecule has 1 aliphatic heterocycles. The highest BCUT2D eigenvalue weighted by Crippen LogP contribution is 2.27. The Balaban J connectivity index is 1.60. The first-order chi connectivity index (χ1) is 11.6. The second-order valence-electron chi connectivity index (χ2n) is 6.41. The molecule has 1 saturated carbocycles. The Morgan fingerprint density at radius 1 is 1.04 bits per heavy atom. The number of non-ortho nitro benzene ring substituents is 1. The zero-order valence-corrected chi connectivity index (χ0v) is 13.5. The molecule has 2 fully saturated rings. The lowest BCUT2D eigenvalue weighted by Crippen LogP contribution is -2.51. The van der Waals surface area contributed by atoms with Crippen molar-refractivity contribution in [3.8, 4) is 0 Å². The fourth-order valence-electron chi connectivity index (χ4n) is 3.50. The Morgan fingerprint density at radius 2 is 1.67 bits per heavy atom. The van der Waals surface area contributed by atoms with E-state index in [0.717, 1.165) is 25.7 Å². The van der Waals surface area contributed by atoms with E-state index in [-0.39, 0.29) is 23.4 Å². The molecule has 0 atom stereocenters. The van der Waals surface area contributed by atoms with Gasteiger partial charge in [-0.25, -0.2) is 0 Å². The number of nitro groups is 1. The van der Waals surface area contributed by atoms with Crippen molar-refractivity contribution in [3.05, 3.63) is 39.9 Å². The van der Waals surface area contributed by atoms with Crippen molar-refractivity contribution in [3.63, 3.8) is 0 Å². The lowest BCUT2D eigenvalue weighted by molar-refractivity contribution is -0.384. The number of amides is 2. The van der Waals surface area contributed by atoms with Crippen molar-refractivity contribution in [2.75, 3.05) is 26.2 Å². The number of carbonyl (C=O) groups excluding carboxylic acids is 2. The molecule has 24 heavy (non-hydrogen) atoms. The number of benzene rings is 1. The van der Waals surface area contributed by atoms with Gasteiger partial charge in [-0.1, -0.05) is 18.9 Å². The number of piperazine rings is 1. The van der Waals surface area contributed by atoms with E-state index >= 15 is 0 Å². The van der Waals surface area contributed by atoms with E-state index < -0.39 is 4.92 Å². The predicted molar refractivity (Wildman–Crippen MR) is 87.5 cm³/mol. The SMILES string of the molecule is O=C(c1cccc([N+](=O)[O-])c1)N1CCN(C(=O)C2CCCC2)CC1. The van der Waals surface area contributed by atoms with Crippen LogP contribution in [0.1, 0.15) is 36.0 Å². The molecule has 3 rings (SSSR count). The van der Waals surface area contributed by atoms with Crippen LogP contribution >= 0.6 is 0 Å². The maximum absolute atomic E-state index is 12.5. The average molecular weight is 331 g/mol. The summed E-state index contributed by atoms with van der Waals surface area (Å²) >= 11 is 0. The van der Waals surface area contributed by atoms with Crippen LogP contribution in [-0.4, -0.2) is 52.7 Å². The van der Waals surface area contributed by atoms with Gasteiger partial charge in [0.05, 0.1) is 4.92 Å². The van der Waals surface area contributed by atoms with Crippen molar-refractivity contribution >= 4 is 17.5 Å². The summed E-state index contributed by atoms with van der Waals surface area (Å²) in [5, 5.41) is 10.8. The minimum atomic E-state index is -0.505. The lowest BCUT2D eigenvalue weighted by atomic mass is 10.1. The van der Waals surface area contributed by atoms with Gasteiger partial charge in [-0.15, -0.1) is 0 Å². The quantitative estimate of drug-likeness (QED) is 0.627. The summed E-state index contributed by atoms with van der Waals surface area (Å²) in [6, 6.07) is 5.78. The molecule has 0 spiro atoms. The fourth-order valence-corrected chi connectivity index (χ4v) is 3.50. The summed E-state index contributed by atoms with van der Waals surface area (Å²) < 4.78 is 0. The molecule has 1 aromatic carbocycles. The van der Waals surface area contributed by atoms with Crippen LogP contribution in [0.3, 0.4) is 0 Å². The van der Waals surface area contributed by atoms with E-state index in [1.807, 2.05) is 4.90 Å². The van der Waals surface area contributed by atoms with Crippen LogP contribution in [-0.2, 0) is 4.79 Å². The summed E-state index contributed by atoms with van der Waals surface area (Å²) in [5.41, 5.74) is 0.232. The second kappa shape index (κ2) is 6.98. The number of nitro benzene ring substituents is 1. The first kappa shape index (κ1) is 16.4. The lowest BCUT2D eigenvalue weighted by Gasteiger charge is -2.36. The molecule has 0 unspecified atom stereocenters. The zero-order chi connectivity index (χ0) is 17.1. The maximum Gasteiger partial charge on any atom is 0.270 e. The van der Waals surface area contributed by atoms with Crippen LogP contribution in [0.15, 0.2) is 24.3 Å². The van der Waals surface area contributed by atoms with Gasteiger partial charge >= 0.3 is 0 Å². The van der Waals surface area contributed by atoms with Crippen molar-refractivity contribution in [2.45, 2.75) is 25.7 Å². The van der Waals surface area contributed by atoms with Gasteiger partial charge in [-0.3, -0.25) is 19.7 Å². The van der Waals surface area contributed by atoms with E-state index in [4.69, 9.17) is 0 Å². The molecule has 0 aromatic heterocycles. The van der Waals surface area contributed by atoms with Crippen LogP contribution in [0.25, 0.3) is 0 Å². The van der Waals surface area contributed by atoms with Crippen LogP contribution in [0.2, 0.25) is 0 Å². The van der Waals surface area contributed by atoms with Crippen molar-refractivity contribution in [1.29, 1.82) is 0 Å². The summed E-state index contributed by atoms with van der Waals surface area (Å²) in [6.45, 7) is 2.02. The first-order valence-electron chi connectivity index (χ1n) is 8.39.